The maximum atomic E-state index is 12.8. The van der Waals surface area contributed by atoms with Crippen molar-refractivity contribution in [2.45, 2.75) is 32.9 Å². The van der Waals surface area contributed by atoms with Crippen molar-refractivity contribution in [3.63, 3.8) is 0 Å². The first kappa shape index (κ1) is 35.1. The molecular weight excluding hydrogens is 652 g/mol. The number of benzene rings is 4. The summed E-state index contributed by atoms with van der Waals surface area (Å²) in [6.45, 7) is 12.4. The molecule has 6 rings (SSSR count). The maximum absolute atomic E-state index is 12.8. The number of nitrogens with zero attached hydrogens (tertiary/aromatic N) is 4. The zero-order chi connectivity index (χ0) is 35.3. The van der Waals surface area contributed by atoms with Crippen LogP contribution in [0.25, 0.3) is 11.1 Å². The second-order valence-electron chi connectivity index (χ2n) is 13.7. The van der Waals surface area contributed by atoms with Crippen LogP contribution in [0.4, 0.5) is 16.2 Å². The zero-order valence-corrected chi connectivity index (χ0v) is 30.0. The van der Waals surface area contributed by atoms with E-state index < -0.39 is 11.6 Å². The highest BCUT2D eigenvalue weighted by Crippen LogP contribution is 2.34. The van der Waals surface area contributed by atoms with Gasteiger partial charge in [-0.05, 0) is 73.9 Å². The maximum Gasteiger partial charge on any atom is 0.410 e. The van der Waals surface area contributed by atoms with E-state index in [9.17, 15) is 9.59 Å². The molecule has 4 aromatic rings. The Morgan fingerprint density at radius 2 is 1.40 bits per heavy atom. The normalized spacial score (nSPS) is 15.5. The van der Waals surface area contributed by atoms with Crippen molar-refractivity contribution >= 4 is 35.0 Å². The Balaban J connectivity index is 1.11. The first-order valence-electron chi connectivity index (χ1n) is 17.1. The largest absolute Gasteiger partial charge is 0.465 e. The number of amides is 1. The van der Waals surface area contributed by atoms with Crippen molar-refractivity contribution in [1.82, 2.24) is 9.80 Å². The molecule has 262 valence electrons. The molecule has 0 unspecified atom stereocenters. The molecular formula is C40H45ClN4O5. The molecule has 0 aromatic heterocycles. The minimum absolute atomic E-state index is 0.287. The molecule has 9 nitrogen and oxygen atoms in total. The van der Waals surface area contributed by atoms with Crippen LogP contribution in [-0.2, 0) is 16.0 Å². The third-order valence-electron chi connectivity index (χ3n) is 9.02. The highest BCUT2D eigenvalue weighted by molar-refractivity contribution is 6.30. The second kappa shape index (κ2) is 15.4. The lowest BCUT2D eigenvalue weighted by atomic mass is 9.99. The lowest BCUT2D eigenvalue weighted by Gasteiger charge is -2.37. The summed E-state index contributed by atoms with van der Waals surface area (Å²) in [5.74, 6) is 0.606. The Morgan fingerprint density at radius 3 is 2.08 bits per heavy atom. The second-order valence-corrected chi connectivity index (χ2v) is 14.1. The smallest absolute Gasteiger partial charge is 0.410 e. The third-order valence-corrected chi connectivity index (χ3v) is 9.27. The van der Waals surface area contributed by atoms with Crippen LogP contribution in [0.15, 0.2) is 91.0 Å². The molecule has 10 heteroatoms. The summed E-state index contributed by atoms with van der Waals surface area (Å²) in [4.78, 5) is 34.1. The van der Waals surface area contributed by atoms with Gasteiger partial charge in [0.15, 0.2) is 0 Å². The van der Waals surface area contributed by atoms with Crippen LogP contribution < -0.4 is 14.5 Å². The standard InChI is InChI=1S/C40H45ClN4O5/c1-40(2,3)50-39(47)45-24-22-44(23-25-45)32-9-7-10-34(26-32)49-37-27-33(16-17-36(37)38(46)48-4)43-20-18-42(19-21-43)28-30-8-5-6-11-35(30)29-12-14-31(41)15-13-29/h5-17,26-27H,18-25,28H2,1-4H3. The van der Waals surface area contributed by atoms with Crippen molar-refractivity contribution in [3.8, 4) is 22.6 Å². The summed E-state index contributed by atoms with van der Waals surface area (Å²) in [6.07, 6.45) is -0.287. The van der Waals surface area contributed by atoms with E-state index in [0.29, 0.717) is 43.2 Å². The number of carbonyl (C=O) groups excluding carboxylic acids is 2. The van der Waals surface area contributed by atoms with E-state index in [2.05, 4.69) is 51.1 Å². The third kappa shape index (κ3) is 8.70. The predicted molar refractivity (Wildman–Crippen MR) is 199 cm³/mol. The molecule has 4 aromatic carbocycles. The average Bonchev–Trinajstić information content (AvgIpc) is 3.12. The van der Waals surface area contributed by atoms with Crippen molar-refractivity contribution in [3.05, 3.63) is 107 Å². The van der Waals surface area contributed by atoms with Gasteiger partial charge < -0.3 is 28.9 Å². The van der Waals surface area contributed by atoms with E-state index in [1.54, 1.807) is 11.0 Å². The van der Waals surface area contributed by atoms with Crippen LogP contribution in [-0.4, -0.2) is 86.9 Å². The summed E-state index contributed by atoms with van der Waals surface area (Å²) >= 11 is 6.14. The number of halogens is 1. The molecule has 50 heavy (non-hydrogen) atoms. The Morgan fingerprint density at radius 1 is 0.740 bits per heavy atom. The molecule has 2 heterocycles. The fourth-order valence-corrected chi connectivity index (χ4v) is 6.52. The van der Waals surface area contributed by atoms with E-state index in [1.807, 2.05) is 69.3 Å². The molecule has 0 radical (unpaired) electrons. The van der Waals surface area contributed by atoms with E-state index in [0.717, 1.165) is 54.7 Å². The molecule has 2 fully saturated rings. The van der Waals surface area contributed by atoms with Crippen molar-refractivity contribution in [1.29, 1.82) is 0 Å². The molecule has 1 amide bonds. The monoisotopic (exact) mass is 696 g/mol. The molecule has 0 atom stereocenters. The lowest BCUT2D eigenvalue weighted by molar-refractivity contribution is 0.0240. The van der Waals surface area contributed by atoms with Gasteiger partial charge in [-0.15, -0.1) is 0 Å². The Labute approximate surface area is 299 Å². The molecule has 2 aliphatic rings. The fraction of sp³-hybridized carbons (Fsp3) is 0.350. The zero-order valence-electron chi connectivity index (χ0n) is 29.2. The van der Waals surface area contributed by atoms with E-state index in [-0.39, 0.29) is 6.09 Å². The molecule has 0 saturated carbocycles. The SMILES string of the molecule is COC(=O)c1ccc(N2CCN(Cc3ccccc3-c3ccc(Cl)cc3)CC2)cc1Oc1cccc(N2CCN(C(=O)OC(C)(C)C)CC2)c1. The summed E-state index contributed by atoms with van der Waals surface area (Å²) in [5.41, 5.74) is 5.48. The number of anilines is 2. The average molecular weight is 697 g/mol. The topological polar surface area (TPSA) is 74.8 Å². The minimum Gasteiger partial charge on any atom is -0.465 e. The van der Waals surface area contributed by atoms with E-state index >= 15 is 0 Å². The summed E-state index contributed by atoms with van der Waals surface area (Å²) in [6, 6.07) is 30.1. The number of esters is 1. The van der Waals surface area contributed by atoms with Gasteiger partial charge in [0.2, 0.25) is 0 Å². The van der Waals surface area contributed by atoms with Crippen LogP contribution in [0.2, 0.25) is 5.02 Å². The molecule has 0 spiro atoms. The van der Waals surface area contributed by atoms with Gasteiger partial charge in [0.1, 0.15) is 22.7 Å². The summed E-state index contributed by atoms with van der Waals surface area (Å²) in [7, 11) is 1.38. The van der Waals surface area contributed by atoms with Crippen molar-refractivity contribution in [2.24, 2.45) is 0 Å². The predicted octanol–water partition coefficient (Wildman–Crippen LogP) is 7.97. The quantitative estimate of drug-likeness (QED) is 0.172. The first-order chi connectivity index (χ1) is 24.1. The van der Waals surface area contributed by atoms with E-state index in [1.165, 1.54) is 18.2 Å². The van der Waals surface area contributed by atoms with Gasteiger partial charge in [-0.1, -0.05) is 54.1 Å². The number of ether oxygens (including phenoxy) is 3. The fourth-order valence-electron chi connectivity index (χ4n) is 6.39. The van der Waals surface area contributed by atoms with Gasteiger partial charge in [-0.25, -0.2) is 9.59 Å². The highest BCUT2D eigenvalue weighted by Gasteiger charge is 2.27. The number of carbonyl (C=O) groups is 2. The Hall–Kier alpha value is -4.73. The van der Waals surface area contributed by atoms with Crippen LogP contribution in [0.5, 0.6) is 11.5 Å². The number of methoxy groups -OCH3 is 1. The molecule has 2 aliphatic heterocycles. The van der Waals surface area contributed by atoms with Crippen LogP contribution in [0, 0.1) is 0 Å². The Kier molecular flexibility index (Phi) is 10.8. The van der Waals surface area contributed by atoms with E-state index in [4.69, 9.17) is 25.8 Å². The summed E-state index contributed by atoms with van der Waals surface area (Å²) < 4.78 is 17.1. The first-order valence-corrected chi connectivity index (χ1v) is 17.5. The van der Waals surface area contributed by atoms with Crippen LogP contribution in [0.3, 0.4) is 0 Å². The number of rotatable bonds is 8. The van der Waals surface area contributed by atoms with Gasteiger partial charge in [-0.3, -0.25) is 4.90 Å². The number of hydrogen-bond donors (Lipinski definition) is 0. The molecule has 0 aliphatic carbocycles. The minimum atomic E-state index is -0.527. The van der Waals surface area contributed by atoms with Crippen LogP contribution in [0.1, 0.15) is 36.7 Å². The molecule has 0 bridgehead atoms. The number of hydrogen-bond acceptors (Lipinski definition) is 8. The molecule has 2 saturated heterocycles. The van der Waals surface area contributed by atoms with Crippen molar-refractivity contribution < 1.29 is 23.8 Å². The van der Waals surface area contributed by atoms with Gasteiger partial charge in [0.05, 0.1) is 7.11 Å². The van der Waals surface area contributed by atoms with Gasteiger partial charge in [-0.2, -0.15) is 0 Å². The molecule has 0 N–H and O–H groups in total. The van der Waals surface area contributed by atoms with Crippen molar-refractivity contribution in [2.75, 3.05) is 69.3 Å². The van der Waals surface area contributed by atoms with Crippen LogP contribution >= 0.6 is 11.6 Å². The number of piperazine rings is 2. The highest BCUT2D eigenvalue weighted by atomic mass is 35.5. The Bertz CT molecular complexity index is 1790. The van der Waals surface area contributed by atoms with Gasteiger partial charge >= 0.3 is 12.1 Å². The lowest BCUT2D eigenvalue weighted by Crippen LogP contribution is -2.50. The van der Waals surface area contributed by atoms with Gasteiger partial charge in [0, 0.05) is 87.4 Å². The summed E-state index contributed by atoms with van der Waals surface area (Å²) in [5, 5.41) is 0.732. The van der Waals surface area contributed by atoms with Gasteiger partial charge in [0.25, 0.3) is 0 Å².